The van der Waals surface area contributed by atoms with Gasteiger partial charge in [0.05, 0.1) is 18.8 Å². The predicted octanol–water partition coefficient (Wildman–Crippen LogP) is 9.21. The molecule has 0 aliphatic heterocycles. The summed E-state index contributed by atoms with van der Waals surface area (Å²) in [4.78, 5) is 12.0. The molecule has 0 rings (SSSR count). The minimum absolute atomic E-state index is 0.0218. The number of hydrogen-bond acceptors (Lipinski definition) is 4. The molecule has 0 aromatic carbocycles. The van der Waals surface area contributed by atoms with Crippen molar-refractivity contribution in [1.29, 1.82) is 0 Å². The van der Waals surface area contributed by atoms with E-state index in [-0.39, 0.29) is 18.7 Å². The summed E-state index contributed by atoms with van der Waals surface area (Å²) in [5.74, 6) is -0.0218. The molecule has 0 saturated heterocycles. The molecule has 4 nitrogen and oxygen atoms in total. The van der Waals surface area contributed by atoms with Crippen molar-refractivity contribution in [1.82, 2.24) is 0 Å². The molecule has 0 bridgehead atoms. The van der Waals surface area contributed by atoms with Gasteiger partial charge in [0, 0.05) is 6.42 Å². The van der Waals surface area contributed by atoms with Crippen LogP contribution >= 0.6 is 0 Å². The van der Waals surface area contributed by atoms with Gasteiger partial charge in [-0.2, -0.15) is 0 Å². The summed E-state index contributed by atoms with van der Waals surface area (Å²) in [6.07, 6.45) is 32.4. The second-order valence-electron chi connectivity index (χ2n) is 10.9. The molecule has 0 amide bonds. The molecule has 4 heteroatoms. The van der Waals surface area contributed by atoms with Crippen molar-refractivity contribution in [3.63, 3.8) is 0 Å². The van der Waals surface area contributed by atoms with E-state index in [0.717, 1.165) is 38.5 Å². The van der Waals surface area contributed by atoms with Crippen LogP contribution in [0.1, 0.15) is 168 Å². The smallest absolute Gasteiger partial charge is 0.306 e. The first-order valence-corrected chi connectivity index (χ1v) is 15.7. The number of carbonyl (C=O) groups is 1. The topological polar surface area (TPSA) is 66.8 Å². The highest BCUT2D eigenvalue weighted by molar-refractivity contribution is 5.69. The molecule has 0 saturated carbocycles. The lowest BCUT2D eigenvalue weighted by atomic mass is 10.0. The molecule has 214 valence electrons. The fourth-order valence-electron chi connectivity index (χ4n) is 4.65. The van der Waals surface area contributed by atoms with Gasteiger partial charge in [-0.3, -0.25) is 4.79 Å². The van der Waals surface area contributed by atoms with Gasteiger partial charge in [0.25, 0.3) is 0 Å². The fourth-order valence-corrected chi connectivity index (χ4v) is 4.65. The van der Waals surface area contributed by atoms with Gasteiger partial charge in [0.15, 0.2) is 0 Å². The first kappa shape index (κ1) is 35.1. The van der Waals surface area contributed by atoms with E-state index < -0.39 is 6.10 Å². The van der Waals surface area contributed by atoms with Crippen molar-refractivity contribution in [3.05, 3.63) is 12.2 Å². The third-order valence-corrected chi connectivity index (χ3v) is 7.08. The molecular weight excluding hydrogens is 448 g/mol. The summed E-state index contributed by atoms with van der Waals surface area (Å²) in [5.41, 5.74) is 0. The molecular formula is C32H62O4. The first-order chi connectivity index (χ1) is 17.6. The van der Waals surface area contributed by atoms with E-state index in [1.54, 1.807) is 0 Å². The highest BCUT2D eigenvalue weighted by Crippen LogP contribution is 2.14. The summed E-state index contributed by atoms with van der Waals surface area (Å²) in [6.45, 7) is 4.18. The lowest BCUT2D eigenvalue weighted by molar-refractivity contribution is -0.148. The molecule has 36 heavy (non-hydrogen) atoms. The van der Waals surface area contributed by atoms with Crippen LogP contribution in [0, 0.1) is 0 Å². The minimum atomic E-state index is -0.539. The SMILES string of the molecule is CCCCCCCC/C=C\CCCCCCCC(=O)OC(C)CCCCCCCCCCC(O)CO. The van der Waals surface area contributed by atoms with Crippen LogP contribution in [0.25, 0.3) is 0 Å². The zero-order valence-electron chi connectivity index (χ0n) is 24.2. The highest BCUT2D eigenvalue weighted by atomic mass is 16.5. The second kappa shape index (κ2) is 28.7. The van der Waals surface area contributed by atoms with Crippen LogP contribution in [0.4, 0.5) is 0 Å². The normalized spacial score (nSPS) is 13.3. The Balaban J connectivity index is 3.35. The number of rotatable bonds is 28. The first-order valence-electron chi connectivity index (χ1n) is 15.7. The van der Waals surface area contributed by atoms with Gasteiger partial charge in [-0.25, -0.2) is 0 Å². The third kappa shape index (κ3) is 27.7. The number of esters is 1. The van der Waals surface area contributed by atoms with Crippen LogP contribution in [-0.2, 0) is 9.53 Å². The summed E-state index contributed by atoms with van der Waals surface area (Å²) < 4.78 is 5.58. The average molecular weight is 511 g/mol. The number of ether oxygens (including phenoxy) is 1. The summed E-state index contributed by atoms with van der Waals surface area (Å²) in [5, 5.41) is 18.1. The van der Waals surface area contributed by atoms with Crippen molar-refractivity contribution in [2.45, 2.75) is 180 Å². The van der Waals surface area contributed by atoms with E-state index in [4.69, 9.17) is 9.84 Å². The van der Waals surface area contributed by atoms with Gasteiger partial charge < -0.3 is 14.9 Å². The zero-order valence-corrected chi connectivity index (χ0v) is 24.2. The van der Waals surface area contributed by atoms with Gasteiger partial charge in [-0.1, -0.05) is 115 Å². The number of allylic oxidation sites excluding steroid dienone is 2. The molecule has 0 heterocycles. The molecule has 0 aromatic heterocycles. The standard InChI is InChI=1S/C32H62O4/c1-3-4-5-6-7-8-9-10-11-12-13-14-19-22-25-28-32(35)36-30(2)26-23-20-17-15-16-18-21-24-27-31(34)29-33/h10-11,30-31,33-34H,3-9,12-29H2,1-2H3/b11-10-. The van der Waals surface area contributed by atoms with Crippen molar-refractivity contribution in [3.8, 4) is 0 Å². The average Bonchev–Trinajstić information content (AvgIpc) is 2.87. The fraction of sp³-hybridized carbons (Fsp3) is 0.906. The van der Waals surface area contributed by atoms with E-state index in [2.05, 4.69) is 19.1 Å². The Morgan fingerprint density at radius 1 is 0.667 bits per heavy atom. The number of aliphatic hydroxyl groups excluding tert-OH is 2. The number of hydrogen-bond donors (Lipinski definition) is 2. The molecule has 0 aliphatic rings. The van der Waals surface area contributed by atoms with Crippen molar-refractivity contribution in [2.24, 2.45) is 0 Å². The zero-order chi connectivity index (χ0) is 26.5. The number of unbranched alkanes of at least 4 members (excludes halogenated alkanes) is 18. The maximum atomic E-state index is 12.0. The Morgan fingerprint density at radius 3 is 1.64 bits per heavy atom. The van der Waals surface area contributed by atoms with Crippen LogP contribution in [0.15, 0.2) is 12.2 Å². The van der Waals surface area contributed by atoms with Gasteiger partial charge in [0.2, 0.25) is 0 Å². The monoisotopic (exact) mass is 510 g/mol. The van der Waals surface area contributed by atoms with Crippen molar-refractivity contribution in [2.75, 3.05) is 6.61 Å². The van der Waals surface area contributed by atoms with E-state index in [1.807, 2.05) is 6.92 Å². The summed E-state index contributed by atoms with van der Waals surface area (Å²) >= 11 is 0. The number of aliphatic hydroxyl groups is 2. The molecule has 0 spiro atoms. The van der Waals surface area contributed by atoms with Crippen LogP contribution in [0.5, 0.6) is 0 Å². The quantitative estimate of drug-likeness (QED) is 0.0625. The minimum Gasteiger partial charge on any atom is -0.463 e. The Kier molecular flexibility index (Phi) is 28.0. The number of carbonyl (C=O) groups excluding carboxylic acids is 1. The van der Waals surface area contributed by atoms with Gasteiger partial charge in [-0.05, 0) is 58.3 Å². The Morgan fingerprint density at radius 2 is 1.11 bits per heavy atom. The molecule has 2 unspecified atom stereocenters. The summed E-state index contributed by atoms with van der Waals surface area (Å²) in [6, 6.07) is 0. The maximum absolute atomic E-state index is 12.0. The lowest BCUT2D eigenvalue weighted by Crippen LogP contribution is -2.14. The molecule has 2 N–H and O–H groups in total. The van der Waals surface area contributed by atoms with Gasteiger partial charge in [-0.15, -0.1) is 0 Å². The molecule has 2 atom stereocenters. The van der Waals surface area contributed by atoms with Gasteiger partial charge >= 0.3 is 5.97 Å². The lowest BCUT2D eigenvalue weighted by Gasteiger charge is -2.13. The van der Waals surface area contributed by atoms with Crippen molar-refractivity contribution >= 4 is 5.97 Å². The van der Waals surface area contributed by atoms with E-state index in [1.165, 1.54) is 103 Å². The Labute approximate surface area is 224 Å². The highest BCUT2D eigenvalue weighted by Gasteiger charge is 2.09. The second-order valence-corrected chi connectivity index (χ2v) is 10.9. The third-order valence-electron chi connectivity index (χ3n) is 7.08. The maximum Gasteiger partial charge on any atom is 0.306 e. The predicted molar refractivity (Wildman–Crippen MR) is 154 cm³/mol. The largest absolute Gasteiger partial charge is 0.463 e. The van der Waals surface area contributed by atoms with Gasteiger partial charge in [0.1, 0.15) is 0 Å². The summed E-state index contributed by atoms with van der Waals surface area (Å²) in [7, 11) is 0. The van der Waals surface area contributed by atoms with E-state index in [9.17, 15) is 9.90 Å². The van der Waals surface area contributed by atoms with E-state index in [0.29, 0.717) is 12.8 Å². The molecule has 0 fully saturated rings. The Hall–Kier alpha value is -0.870. The van der Waals surface area contributed by atoms with Crippen LogP contribution in [0.2, 0.25) is 0 Å². The Bertz CT molecular complexity index is 477. The van der Waals surface area contributed by atoms with Crippen LogP contribution in [-0.4, -0.2) is 35.0 Å². The molecule has 0 aliphatic carbocycles. The molecule has 0 radical (unpaired) electrons. The molecule has 0 aromatic rings. The van der Waals surface area contributed by atoms with Crippen molar-refractivity contribution < 1.29 is 19.7 Å². The van der Waals surface area contributed by atoms with Crippen LogP contribution in [0.3, 0.4) is 0 Å². The van der Waals surface area contributed by atoms with Crippen LogP contribution < -0.4 is 0 Å². The van der Waals surface area contributed by atoms with E-state index >= 15 is 0 Å².